The number of amides is 1. The second-order valence-corrected chi connectivity index (χ2v) is 7.13. The number of morpholine rings is 1. The van der Waals surface area contributed by atoms with Crippen molar-refractivity contribution in [3.63, 3.8) is 0 Å². The van der Waals surface area contributed by atoms with E-state index in [1.807, 2.05) is 0 Å². The minimum atomic E-state index is 0.133. The molecule has 1 saturated heterocycles. The lowest BCUT2D eigenvalue weighted by atomic mass is 10.1. The van der Waals surface area contributed by atoms with Crippen LogP contribution in [0.1, 0.15) is 35.9 Å². The SMILES string of the molecule is CCc1ccc(CNC(=O)CN2CCO[C@@H]3CCC[C@@H]32)s1. The summed E-state index contributed by atoms with van der Waals surface area (Å²) in [5, 5.41) is 3.05. The van der Waals surface area contributed by atoms with Crippen LogP contribution in [0.25, 0.3) is 0 Å². The van der Waals surface area contributed by atoms with Crippen LogP contribution in [0.5, 0.6) is 0 Å². The van der Waals surface area contributed by atoms with Gasteiger partial charge < -0.3 is 10.1 Å². The number of thiophene rings is 1. The predicted octanol–water partition coefficient (Wildman–Crippen LogP) is 2.18. The monoisotopic (exact) mass is 308 g/mol. The van der Waals surface area contributed by atoms with Crippen molar-refractivity contribution >= 4 is 17.2 Å². The minimum absolute atomic E-state index is 0.133. The zero-order chi connectivity index (χ0) is 14.7. The van der Waals surface area contributed by atoms with E-state index in [9.17, 15) is 4.79 Å². The van der Waals surface area contributed by atoms with Gasteiger partial charge in [0.25, 0.3) is 0 Å². The van der Waals surface area contributed by atoms with E-state index >= 15 is 0 Å². The summed E-state index contributed by atoms with van der Waals surface area (Å²) in [7, 11) is 0. The first-order valence-electron chi connectivity index (χ1n) is 7.96. The Balaban J connectivity index is 1.47. The van der Waals surface area contributed by atoms with Gasteiger partial charge in [-0.05, 0) is 37.8 Å². The van der Waals surface area contributed by atoms with Crippen LogP contribution in [0.3, 0.4) is 0 Å². The maximum absolute atomic E-state index is 12.2. The average molecular weight is 308 g/mol. The molecule has 0 radical (unpaired) electrons. The van der Waals surface area contributed by atoms with Crippen molar-refractivity contribution in [1.82, 2.24) is 10.2 Å². The third kappa shape index (κ3) is 3.65. The molecule has 1 aliphatic heterocycles. The van der Waals surface area contributed by atoms with Crippen molar-refractivity contribution in [3.05, 3.63) is 21.9 Å². The fourth-order valence-corrected chi connectivity index (χ4v) is 4.23. The number of carbonyl (C=O) groups excluding carboxylic acids is 1. The van der Waals surface area contributed by atoms with Gasteiger partial charge in [-0.3, -0.25) is 9.69 Å². The van der Waals surface area contributed by atoms with Crippen molar-refractivity contribution in [2.75, 3.05) is 19.7 Å². The normalized spacial score (nSPS) is 25.8. The molecule has 2 heterocycles. The number of fused-ring (bicyclic) bond motifs is 1. The van der Waals surface area contributed by atoms with Crippen LogP contribution in [-0.2, 0) is 22.5 Å². The van der Waals surface area contributed by atoms with Crippen LogP contribution in [0, 0.1) is 0 Å². The molecule has 0 aromatic carbocycles. The number of rotatable bonds is 5. The van der Waals surface area contributed by atoms with E-state index in [2.05, 4.69) is 29.3 Å². The summed E-state index contributed by atoms with van der Waals surface area (Å²) in [4.78, 5) is 17.1. The van der Waals surface area contributed by atoms with Crippen molar-refractivity contribution in [1.29, 1.82) is 0 Å². The molecule has 1 saturated carbocycles. The Morgan fingerprint density at radius 1 is 1.43 bits per heavy atom. The molecule has 2 fully saturated rings. The molecule has 1 aromatic rings. The van der Waals surface area contributed by atoms with E-state index in [4.69, 9.17) is 4.74 Å². The van der Waals surface area contributed by atoms with E-state index in [1.165, 1.54) is 22.6 Å². The molecule has 5 heteroatoms. The largest absolute Gasteiger partial charge is 0.375 e. The van der Waals surface area contributed by atoms with Crippen LogP contribution in [0.2, 0.25) is 0 Å². The van der Waals surface area contributed by atoms with Crippen LogP contribution < -0.4 is 5.32 Å². The topological polar surface area (TPSA) is 41.6 Å². The Kier molecular flexibility index (Phi) is 4.93. The summed E-state index contributed by atoms with van der Waals surface area (Å²) in [6.45, 7) is 4.97. The van der Waals surface area contributed by atoms with Crippen molar-refractivity contribution in [3.8, 4) is 0 Å². The zero-order valence-corrected chi connectivity index (χ0v) is 13.5. The second kappa shape index (κ2) is 6.90. The van der Waals surface area contributed by atoms with Gasteiger partial charge in [0, 0.05) is 22.3 Å². The maximum Gasteiger partial charge on any atom is 0.234 e. The fourth-order valence-electron chi connectivity index (χ4n) is 3.34. The van der Waals surface area contributed by atoms with E-state index in [0.29, 0.717) is 25.2 Å². The number of ether oxygens (including phenoxy) is 1. The Morgan fingerprint density at radius 2 is 2.29 bits per heavy atom. The molecule has 2 atom stereocenters. The maximum atomic E-state index is 12.2. The van der Waals surface area contributed by atoms with Gasteiger partial charge >= 0.3 is 0 Å². The molecule has 1 aliphatic carbocycles. The molecule has 116 valence electrons. The Bertz CT molecular complexity index is 488. The molecule has 1 aromatic heterocycles. The van der Waals surface area contributed by atoms with Gasteiger partial charge in [-0.1, -0.05) is 6.92 Å². The van der Waals surface area contributed by atoms with E-state index in [-0.39, 0.29) is 5.91 Å². The molecule has 0 bridgehead atoms. The highest BCUT2D eigenvalue weighted by atomic mass is 32.1. The number of aryl methyl sites for hydroxylation is 1. The number of hydrogen-bond donors (Lipinski definition) is 1. The van der Waals surface area contributed by atoms with Crippen LogP contribution in [0.4, 0.5) is 0 Å². The highest BCUT2D eigenvalue weighted by Gasteiger charge is 2.36. The van der Waals surface area contributed by atoms with Crippen molar-refractivity contribution < 1.29 is 9.53 Å². The molecule has 3 rings (SSSR count). The predicted molar refractivity (Wildman–Crippen MR) is 84.5 cm³/mol. The first-order valence-corrected chi connectivity index (χ1v) is 8.78. The molecule has 1 N–H and O–H groups in total. The van der Waals surface area contributed by atoms with E-state index in [1.54, 1.807) is 11.3 Å². The lowest BCUT2D eigenvalue weighted by molar-refractivity contribution is -0.126. The van der Waals surface area contributed by atoms with Gasteiger partial charge in [0.2, 0.25) is 5.91 Å². The highest BCUT2D eigenvalue weighted by Crippen LogP contribution is 2.29. The molecule has 4 nitrogen and oxygen atoms in total. The summed E-state index contributed by atoms with van der Waals surface area (Å²) in [6, 6.07) is 4.72. The van der Waals surface area contributed by atoms with Crippen molar-refractivity contribution in [2.24, 2.45) is 0 Å². The number of nitrogens with one attached hydrogen (secondary N) is 1. The Morgan fingerprint density at radius 3 is 3.10 bits per heavy atom. The Labute approximate surface area is 130 Å². The molecule has 0 unspecified atom stereocenters. The summed E-state index contributed by atoms with van der Waals surface area (Å²) < 4.78 is 5.79. The van der Waals surface area contributed by atoms with Crippen LogP contribution in [0.15, 0.2) is 12.1 Å². The van der Waals surface area contributed by atoms with Crippen LogP contribution >= 0.6 is 11.3 Å². The van der Waals surface area contributed by atoms with E-state index < -0.39 is 0 Å². The number of nitrogens with zero attached hydrogens (tertiary/aromatic N) is 1. The number of carbonyl (C=O) groups is 1. The molecule has 1 amide bonds. The molecule has 0 spiro atoms. The van der Waals surface area contributed by atoms with Gasteiger partial charge in [0.1, 0.15) is 0 Å². The highest BCUT2D eigenvalue weighted by molar-refractivity contribution is 7.11. The number of hydrogen-bond acceptors (Lipinski definition) is 4. The summed E-state index contributed by atoms with van der Waals surface area (Å²) in [6.07, 6.45) is 4.97. The second-order valence-electron chi connectivity index (χ2n) is 5.88. The quantitative estimate of drug-likeness (QED) is 0.906. The van der Waals surface area contributed by atoms with Gasteiger partial charge in [0.15, 0.2) is 0 Å². The van der Waals surface area contributed by atoms with Gasteiger partial charge in [-0.15, -0.1) is 11.3 Å². The standard InChI is InChI=1S/C16H24N2O2S/c1-2-12-6-7-13(21-12)10-17-16(19)11-18-8-9-20-15-5-3-4-14(15)18/h6-7,14-15H,2-5,8-11H2,1H3,(H,17,19)/t14-,15+/m0/s1. The third-order valence-electron chi connectivity index (χ3n) is 4.47. The van der Waals surface area contributed by atoms with E-state index in [0.717, 1.165) is 26.0 Å². The summed E-state index contributed by atoms with van der Waals surface area (Å²) in [5.74, 6) is 0.133. The van der Waals surface area contributed by atoms with Gasteiger partial charge in [-0.2, -0.15) is 0 Å². The first-order chi connectivity index (χ1) is 10.3. The summed E-state index contributed by atoms with van der Waals surface area (Å²) >= 11 is 1.79. The average Bonchev–Trinajstić information content (AvgIpc) is 3.14. The van der Waals surface area contributed by atoms with Crippen LogP contribution in [-0.4, -0.2) is 42.6 Å². The Hall–Kier alpha value is -0.910. The fraction of sp³-hybridized carbons (Fsp3) is 0.688. The molecule has 21 heavy (non-hydrogen) atoms. The lowest BCUT2D eigenvalue weighted by Crippen LogP contribution is -2.51. The zero-order valence-electron chi connectivity index (χ0n) is 12.6. The molecule has 2 aliphatic rings. The molecular formula is C16H24N2O2S. The summed E-state index contributed by atoms with van der Waals surface area (Å²) in [5.41, 5.74) is 0. The van der Waals surface area contributed by atoms with Gasteiger partial charge in [0.05, 0.1) is 25.8 Å². The smallest absolute Gasteiger partial charge is 0.234 e. The van der Waals surface area contributed by atoms with Crippen molar-refractivity contribution in [2.45, 2.75) is 51.3 Å². The third-order valence-corrected chi connectivity index (χ3v) is 5.70. The lowest BCUT2D eigenvalue weighted by Gasteiger charge is -2.37. The first kappa shape index (κ1) is 15.0. The van der Waals surface area contributed by atoms with Gasteiger partial charge in [-0.25, -0.2) is 0 Å². The minimum Gasteiger partial charge on any atom is -0.375 e. The molecular weight excluding hydrogens is 284 g/mol.